The normalized spacial score (nSPS) is 22.7. The molecule has 0 amide bonds. The third-order valence-corrected chi connectivity index (χ3v) is 1.51. The molecule has 1 unspecified atom stereocenters. The molecular formula is C8H14O2. The quantitative estimate of drug-likeness (QED) is 0.427. The molecule has 0 aromatic heterocycles. The van der Waals surface area contributed by atoms with Gasteiger partial charge >= 0.3 is 0 Å². The molecule has 1 heterocycles. The zero-order chi connectivity index (χ0) is 7.40. The molecule has 0 N–H and O–H groups in total. The van der Waals surface area contributed by atoms with Crippen molar-refractivity contribution in [1.82, 2.24) is 0 Å². The minimum Gasteiger partial charge on any atom is -0.374 e. The van der Waals surface area contributed by atoms with Crippen LogP contribution in [0.2, 0.25) is 0 Å². The second kappa shape index (κ2) is 3.74. The second-order valence-corrected chi connectivity index (χ2v) is 2.57. The third-order valence-electron chi connectivity index (χ3n) is 1.51. The Balaban J connectivity index is 1.88. The topological polar surface area (TPSA) is 21.8 Å². The highest BCUT2D eigenvalue weighted by atomic mass is 16.6. The van der Waals surface area contributed by atoms with Crippen molar-refractivity contribution in [2.75, 3.05) is 19.8 Å². The molecule has 1 aliphatic heterocycles. The SMILES string of the molecule is C=C(CC)COCC1CO1. The van der Waals surface area contributed by atoms with Gasteiger partial charge in [0.2, 0.25) is 0 Å². The van der Waals surface area contributed by atoms with Crippen LogP contribution in [0.1, 0.15) is 13.3 Å². The Bertz CT molecular complexity index is 116. The van der Waals surface area contributed by atoms with Gasteiger partial charge in [0.15, 0.2) is 0 Å². The molecule has 0 aromatic carbocycles. The summed E-state index contributed by atoms with van der Waals surface area (Å²) in [5.41, 5.74) is 1.15. The lowest BCUT2D eigenvalue weighted by Gasteiger charge is -2.01. The highest BCUT2D eigenvalue weighted by molar-refractivity contribution is 4.92. The molecule has 1 saturated heterocycles. The molecule has 1 fully saturated rings. The fourth-order valence-electron chi connectivity index (χ4n) is 0.601. The van der Waals surface area contributed by atoms with E-state index in [1.165, 1.54) is 0 Å². The zero-order valence-electron chi connectivity index (χ0n) is 6.43. The first kappa shape index (κ1) is 7.76. The van der Waals surface area contributed by atoms with E-state index in [-0.39, 0.29) is 0 Å². The Labute approximate surface area is 61.8 Å². The summed E-state index contributed by atoms with van der Waals surface area (Å²) in [6.45, 7) is 8.21. The van der Waals surface area contributed by atoms with Gasteiger partial charge in [-0.3, -0.25) is 0 Å². The molecule has 0 spiro atoms. The summed E-state index contributed by atoms with van der Waals surface area (Å²) in [4.78, 5) is 0. The van der Waals surface area contributed by atoms with E-state index in [0.29, 0.717) is 12.7 Å². The summed E-state index contributed by atoms with van der Waals surface area (Å²) < 4.78 is 10.3. The van der Waals surface area contributed by atoms with Gasteiger partial charge in [0, 0.05) is 0 Å². The Hall–Kier alpha value is -0.340. The first-order valence-electron chi connectivity index (χ1n) is 3.69. The standard InChI is InChI=1S/C8H14O2/c1-3-7(2)4-9-5-8-6-10-8/h8H,2-6H2,1H3. The van der Waals surface area contributed by atoms with Gasteiger partial charge in [0.25, 0.3) is 0 Å². The van der Waals surface area contributed by atoms with Crippen molar-refractivity contribution >= 4 is 0 Å². The summed E-state index contributed by atoms with van der Waals surface area (Å²) in [6, 6.07) is 0. The summed E-state index contributed by atoms with van der Waals surface area (Å²) >= 11 is 0. The van der Waals surface area contributed by atoms with Gasteiger partial charge in [-0.1, -0.05) is 19.1 Å². The Morgan fingerprint density at radius 2 is 2.50 bits per heavy atom. The van der Waals surface area contributed by atoms with Crippen molar-refractivity contribution in [3.8, 4) is 0 Å². The lowest BCUT2D eigenvalue weighted by Crippen LogP contribution is -2.03. The van der Waals surface area contributed by atoms with Crippen molar-refractivity contribution < 1.29 is 9.47 Å². The maximum atomic E-state index is 5.29. The van der Waals surface area contributed by atoms with Crippen LogP contribution in [0, 0.1) is 0 Å². The van der Waals surface area contributed by atoms with E-state index in [2.05, 4.69) is 13.5 Å². The van der Waals surface area contributed by atoms with Gasteiger partial charge in [-0.05, 0) is 6.42 Å². The van der Waals surface area contributed by atoms with Crippen molar-refractivity contribution in [1.29, 1.82) is 0 Å². The molecule has 0 radical (unpaired) electrons. The third kappa shape index (κ3) is 2.99. The number of rotatable bonds is 5. The molecule has 1 rings (SSSR count). The van der Waals surface area contributed by atoms with Crippen LogP contribution in [-0.4, -0.2) is 25.9 Å². The lowest BCUT2D eigenvalue weighted by atomic mass is 10.2. The second-order valence-electron chi connectivity index (χ2n) is 2.57. The fraction of sp³-hybridized carbons (Fsp3) is 0.750. The van der Waals surface area contributed by atoms with E-state index >= 15 is 0 Å². The van der Waals surface area contributed by atoms with Gasteiger partial charge in [-0.15, -0.1) is 0 Å². The zero-order valence-corrected chi connectivity index (χ0v) is 6.43. The van der Waals surface area contributed by atoms with E-state index < -0.39 is 0 Å². The molecule has 2 nitrogen and oxygen atoms in total. The summed E-state index contributed by atoms with van der Waals surface area (Å²) in [7, 11) is 0. The number of epoxide rings is 1. The maximum absolute atomic E-state index is 5.29. The van der Waals surface area contributed by atoms with E-state index in [0.717, 1.165) is 25.2 Å². The summed E-state index contributed by atoms with van der Waals surface area (Å²) in [5, 5.41) is 0. The highest BCUT2D eigenvalue weighted by Crippen LogP contribution is 2.09. The Morgan fingerprint density at radius 3 is 3.00 bits per heavy atom. The van der Waals surface area contributed by atoms with Crippen LogP contribution >= 0.6 is 0 Å². The van der Waals surface area contributed by atoms with Gasteiger partial charge in [0.1, 0.15) is 6.10 Å². The fourth-order valence-corrected chi connectivity index (χ4v) is 0.601. The predicted octanol–water partition coefficient (Wildman–Crippen LogP) is 1.37. The molecule has 1 atom stereocenters. The molecule has 2 heteroatoms. The van der Waals surface area contributed by atoms with Crippen LogP contribution in [0.25, 0.3) is 0 Å². The van der Waals surface area contributed by atoms with Crippen LogP contribution in [0.5, 0.6) is 0 Å². The van der Waals surface area contributed by atoms with E-state index in [1.807, 2.05) is 0 Å². The molecule has 10 heavy (non-hydrogen) atoms. The monoisotopic (exact) mass is 142 g/mol. The van der Waals surface area contributed by atoms with Crippen LogP contribution < -0.4 is 0 Å². The van der Waals surface area contributed by atoms with Gasteiger partial charge < -0.3 is 9.47 Å². The first-order valence-corrected chi connectivity index (χ1v) is 3.69. The molecule has 0 aliphatic carbocycles. The molecular weight excluding hydrogens is 128 g/mol. The van der Waals surface area contributed by atoms with Crippen LogP contribution in [0.3, 0.4) is 0 Å². The molecule has 58 valence electrons. The van der Waals surface area contributed by atoms with Crippen molar-refractivity contribution in [3.05, 3.63) is 12.2 Å². The number of ether oxygens (including phenoxy) is 2. The minimum atomic E-state index is 0.379. The average Bonchev–Trinajstić information content (AvgIpc) is 2.71. The number of hydrogen-bond acceptors (Lipinski definition) is 2. The Morgan fingerprint density at radius 1 is 1.80 bits per heavy atom. The first-order chi connectivity index (χ1) is 4.83. The highest BCUT2D eigenvalue weighted by Gasteiger charge is 2.21. The smallest absolute Gasteiger partial charge is 0.104 e. The van der Waals surface area contributed by atoms with Crippen LogP contribution in [0.15, 0.2) is 12.2 Å². The summed E-state index contributed by atoms with van der Waals surface area (Å²) in [6.07, 6.45) is 1.38. The molecule has 0 aromatic rings. The average molecular weight is 142 g/mol. The van der Waals surface area contributed by atoms with E-state index in [1.54, 1.807) is 0 Å². The maximum Gasteiger partial charge on any atom is 0.104 e. The molecule has 0 saturated carbocycles. The molecule has 0 bridgehead atoms. The van der Waals surface area contributed by atoms with Gasteiger partial charge in [-0.25, -0.2) is 0 Å². The lowest BCUT2D eigenvalue weighted by molar-refractivity contribution is 0.134. The van der Waals surface area contributed by atoms with Crippen molar-refractivity contribution in [2.45, 2.75) is 19.4 Å². The minimum absolute atomic E-state index is 0.379. The van der Waals surface area contributed by atoms with Gasteiger partial charge in [-0.2, -0.15) is 0 Å². The Kier molecular flexibility index (Phi) is 2.90. The van der Waals surface area contributed by atoms with Crippen LogP contribution in [0.4, 0.5) is 0 Å². The summed E-state index contributed by atoms with van der Waals surface area (Å²) in [5.74, 6) is 0. The van der Waals surface area contributed by atoms with Crippen molar-refractivity contribution in [2.24, 2.45) is 0 Å². The predicted molar refractivity (Wildman–Crippen MR) is 40.0 cm³/mol. The van der Waals surface area contributed by atoms with E-state index in [9.17, 15) is 0 Å². The molecule has 1 aliphatic rings. The van der Waals surface area contributed by atoms with E-state index in [4.69, 9.17) is 9.47 Å². The van der Waals surface area contributed by atoms with Crippen LogP contribution in [-0.2, 0) is 9.47 Å². The van der Waals surface area contributed by atoms with Crippen molar-refractivity contribution in [3.63, 3.8) is 0 Å². The van der Waals surface area contributed by atoms with Gasteiger partial charge in [0.05, 0.1) is 19.8 Å². The number of hydrogen-bond donors (Lipinski definition) is 0. The largest absolute Gasteiger partial charge is 0.374 e.